The van der Waals surface area contributed by atoms with Crippen molar-refractivity contribution in [2.75, 3.05) is 26.7 Å². The minimum atomic E-state index is 0.395. The first-order valence-electron chi connectivity index (χ1n) is 6.48. The van der Waals surface area contributed by atoms with E-state index in [0.29, 0.717) is 6.10 Å². The number of likely N-dealkylation sites (tertiary alicyclic amines) is 1. The SMILES string of the molecule is CC.CC(C)OCCC1CCN(C)CC1. The Labute approximate surface area is 96.0 Å². The molecule has 2 nitrogen and oxygen atoms in total. The molecule has 1 aliphatic heterocycles. The normalized spacial score (nSPS) is 18.8. The van der Waals surface area contributed by atoms with Gasteiger partial charge in [-0.25, -0.2) is 0 Å². The van der Waals surface area contributed by atoms with Crippen LogP contribution in [-0.4, -0.2) is 37.7 Å². The number of hydrogen-bond donors (Lipinski definition) is 0. The molecule has 0 bridgehead atoms. The third-order valence-electron chi connectivity index (χ3n) is 2.82. The molecular weight excluding hydrogens is 186 g/mol. The lowest BCUT2D eigenvalue weighted by atomic mass is 9.94. The zero-order valence-corrected chi connectivity index (χ0v) is 11.3. The number of hydrogen-bond acceptors (Lipinski definition) is 2. The maximum Gasteiger partial charge on any atom is 0.0518 e. The summed E-state index contributed by atoms with van der Waals surface area (Å²) in [6.45, 7) is 11.7. The summed E-state index contributed by atoms with van der Waals surface area (Å²) in [6, 6.07) is 0. The summed E-state index contributed by atoms with van der Waals surface area (Å²) < 4.78 is 5.56. The first kappa shape index (κ1) is 14.9. The van der Waals surface area contributed by atoms with Crippen LogP contribution in [-0.2, 0) is 4.74 Å². The van der Waals surface area contributed by atoms with Crippen LogP contribution in [0.4, 0.5) is 0 Å². The van der Waals surface area contributed by atoms with Crippen molar-refractivity contribution in [2.24, 2.45) is 5.92 Å². The van der Waals surface area contributed by atoms with Gasteiger partial charge in [0.15, 0.2) is 0 Å². The minimum Gasteiger partial charge on any atom is -0.379 e. The van der Waals surface area contributed by atoms with E-state index in [4.69, 9.17) is 4.74 Å². The van der Waals surface area contributed by atoms with Crippen LogP contribution in [0.5, 0.6) is 0 Å². The van der Waals surface area contributed by atoms with Crippen LogP contribution in [0.3, 0.4) is 0 Å². The second-order valence-corrected chi connectivity index (χ2v) is 4.45. The summed E-state index contributed by atoms with van der Waals surface area (Å²) in [7, 11) is 2.21. The van der Waals surface area contributed by atoms with Gasteiger partial charge in [0.05, 0.1) is 6.10 Å². The van der Waals surface area contributed by atoms with Crippen LogP contribution in [0.2, 0.25) is 0 Å². The Bertz CT molecular complexity index is 128. The smallest absolute Gasteiger partial charge is 0.0518 e. The van der Waals surface area contributed by atoms with E-state index in [2.05, 4.69) is 25.8 Å². The van der Waals surface area contributed by atoms with Crippen LogP contribution in [0, 0.1) is 5.92 Å². The standard InChI is InChI=1S/C11H23NO.C2H6/c1-10(2)13-9-6-11-4-7-12(3)8-5-11;1-2/h10-11H,4-9H2,1-3H3;1-2H3. The molecule has 0 radical (unpaired) electrons. The Morgan fingerprint density at radius 3 is 2.20 bits per heavy atom. The van der Waals surface area contributed by atoms with E-state index in [0.717, 1.165) is 12.5 Å². The minimum absolute atomic E-state index is 0.395. The fourth-order valence-corrected chi connectivity index (χ4v) is 1.82. The third-order valence-corrected chi connectivity index (χ3v) is 2.82. The van der Waals surface area contributed by atoms with Gasteiger partial charge in [-0.15, -0.1) is 0 Å². The number of piperidine rings is 1. The van der Waals surface area contributed by atoms with E-state index in [-0.39, 0.29) is 0 Å². The highest BCUT2D eigenvalue weighted by molar-refractivity contribution is 4.69. The van der Waals surface area contributed by atoms with Crippen molar-refractivity contribution in [3.63, 3.8) is 0 Å². The second-order valence-electron chi connectivity index (χ2n) is 4.45. The fraction of sp³-hybridized carbons (Fsp3) is 1.00. The molecule has 0 aromatic rings. The van der Waals surface area contributed by atoms with Crippen LogP contribution in [0.15, 0.2) is 0 Å². The second kappa shape index (κ2) is 9.17. The molecule has 0 unspecified atom stereocenters. The summed E-state index contributed by atoms with van der Waals surface area (Å²) in [4.78, 5) is 2.42. The van der Waals surface area contributed by atoms with Gasteiger partial charge in [0.25, 0.3) is 0 Å². The van der Waals surface area contributed by atoms with Crippen molar-refractivity contribution in [2.45, 2.75) is 53.1 Å². The van der Waals surface area contributed by atoms with E-state index < -0.39 is 0 Å². The summed E-state index contributed by atoms with van der Waals surface area (Å²) in [5, 5.41) is 0. The van der Waals surface area contributed by atoms with Gasteiger partial charge in [-0.1, -0.05) is 13.8 Å². The fourth-order valence-electron chi connectivity index (χ4n) is 1.82. The van der Waals surface area contributed by atoms with Gasteiger partial charge in [-0.05, 0) is 59.2 Å². The van der Waals surface area contributed by atoms with E-state index in [1.165, 1.54) is 32.4 Å². The molecule has 1 rings (SSSR count). The van der Waals surface area contributed by atoms with Crippen LogP contribution in [0.25, 0.3) is 0 Å². The van der Waals surface area contributed by atoms with Crippen molar-refractivity contribution >= 4 is 0 Å². The van der Waals surface area contributed by atoms with Crippen molar-refractivity contribution in [1.82, 2.24) is 4.90 Å². The summed E-state index contributed by atoms with van der Waals surface area (Å²) >= 11 is 0. The third kappa shape index (κ3) is 7.80. The molecule has 0 aliphatic carbocycles. The van der Waals surface area contributed by atoms with E-state index >= 15 is 0 Å². The quantitative estimate of drug-likeness (QED) is 0.714. The van der Waals surface area contributed by atoms with Gasteiger partial charge in [-0.2, -0.15) is 0 Å². The van der Waals surface area contributed by atoms with Crippen molar-refractivity contribution in [3.05, 3.63) is 0 Å². The molecule has 1 saturated heterocycles. The lowest BCUT2D eigenvalue weighted by Crippen LogP contribution is -2.30. The molecule has 0 spiro atoms. The maximum atomic E-state index is 5.56. The maximum absolute atomic E-state index is 5.56. The first-order valence-corrected chi connectivity index (χ1v) is 6.48. The molecule has 0 N–H and O–H groups in total. The van der Waals surface area contributed by atoms with Gasteiger partial charge in [0, 0.05) is 6.61 Å². The first-order chi connectivity index (χ1) is 7.18. The van der Waals surface area contributed by atoms with Crippen molar-refractivity contribution in [3.8, 4) is 0 Å². The Hall–Kier alpha value is -0.0800. The molecule has 92 valence electrons. The largest absolute Gasteiger partial charge is 0.379 e. The zero-order valence-electron chi connectivity index (χ0n) is 11.3. The lowest BCUT2D eigenvalue weighted by molar-refractivity contribution is 0.0611. The van der Waals surface area contributed by atoms with E-state index in [1.54, 1.807) is 0 Å². The molecule has 2 heteroatoms. The Kier molecular flexibility index (Phi) is 9.12. The average molecular weight is 215 g/mol. The number of nitrogens with zero attached hydrogens (tertiary/aromatic N) is 1. The monoisotopic (exact) mass is 215 g/mol. The molecule has 1 aliphatic rings. The van der Waals surface area contributed by atoms with Gasteiger partial charge in [-0.3, -0.25) is 0 Å². The topological polar surface area (TPSA) is 12.5 Å². The predicted molar refractivity (Wildman–Crippen MR) is 67.3 cm³/mol. The average Bonchev–Trinajstić information content (AvgIpc) is 2.23. The van der Waals surface area contributed by atoms with Gasteiger partial charge >= 0.3 is 0 Å². The Balaban J connectivity index is 0.000000921. The number of rotatable bonds is 4. The van der Waals surface area contributed by atoms with Gasteiger partial charge in [0.2, 0.25) is 0 Å². The highest BCUT2D eigenvalue weighted by Gasteiger charge is 2.16. The molecular formula is C13H29NO. The van der Waals surface area contributed by atoms with Crippen LogP contribution in [0.1, 0.15) is 47.0 Å². The molecule has 0 aromatic heterocycles. The van der Waals surface area contributed by atoms with Crippen LogP contribution < -0.4 is 0 Å². The number of ether oxygens (including phenoxy) is 1. The van der Waals surface area contributed by atoms with E-state index in [9.17, 15) is 0 Å². The molecule has 0 saturated carbocycles. The molecule has 1 fully saturated rings. The zero-order chi connectivity index (χ0) is 11.7. The van der Waals surface area contributed by atoms with Crippen molar-refractivity contribution in [1.29, 1.82) is 0 Å². The lowest BCUT2D eigenvalue weighted by Gasteiger charge is -2.28. The highest BCUT2D eigenvalue weighted by Crippen LogP contribution is 2.19. The Morgan fingerprint density at radius 2 is 1.73 bits per heavy atom. The van der Waals surface area contributed by atoms with Gasteiger partial charge < -0.3 is 9.64 Å². The molecule has 1 heterocycles. The molecule has 15 heavy (non-hydrogen) atoms. The van der Waals surface area contributed by atoms with Crippen molar-refractivity contribution < 1.29 is 4.74 Å². The summed E-state index contributed by atoms with van der Waals surface area (Å²) in [6.07, 6.45) is 4.37. The summed E-state index contributed by atoms with van der Waals surface area (Å²) in [5.74, 6) is 0.912. The summed E-state index contributed by atoms with van der Waals surface area (Å²) in [5.41, 5.74) is 0. The molecule has 0 aromatic carbocycles. The molecule has 0 amide bonds. The predicted octanol–water partition coefficient (Wildman–Crippen LogP) is 3.17. The van der Waals surface area contributed by atoms with Gasteiger partial charge in [0.1, 0.15) is 0 Å². The van der Waals surface area contributed by atoms with E-state index in [1.807, 2.05) is 13.8 Å². The molecule has 0 atom stereocenters. The Morgan fingerprint density at radius 1 is 1.20 bits per heavy atom. The highest BCUT2D eigenvalue weighted by atomic mass is 16.5. The van der Waals surface area contributed by atoms with Crippen LogP contribution >= 0.6 is 0 Å².